The summed E-state index contributed by atoms with van der Waals surface area (Å²) in [5.74, 6) is 0.682. The van der Waals surface area contributed by atoms with Crippen molar-refractivity contribution >= 4 is 21.6 Å². The molecule has 0 saturated heterocycles. The monoisotopic (exact) mass is 452 g/mol. The summed E-state index contributed by atoms with van der Waals surface area (Å²) in [6.07, 6.45) is 0.679. The van der Waals surface area contributed by atoms with E-state index in [0.717, 1.165) is 5.56 Å². The lowest BCUT2D eigenvalue weighted by Gasteiger charge is -2.28. The van der Waals surface area contributed by atoms with Gasteiger partial charge in [-0.2, -0.15) is 4.31 Å². The summed E-state index contributed by atoms with van der Waals surface area (Å²) in [6, 6.07) is 18.9. The van der Waals surface area contributed by atoms with Gasteiger partial charge in [0.15, 0.2) is 0 Å². The van der Waals surface area contributed by atoms with Gasteiger partial charge < -0.3 is 14.8 Å². The number of nitrogens with one attached hydrogen (secondary N) is 1. The van der Waals surface area contributed by atoms with Crippen LogP contribution in [0.4, 0.5) is 5.69 Å². The molecule has 0 bridgehead atoms. The highest BCUT2D eigenvalue weighted by Crippen LogP contribution is 2.30. The number of amides is 1. The Morgan fingerprint density at radius 2 is 1.66 bits per heavy atom. The maximum atomic E-state index is 13.1. The summed E-state index contributed by atoms with van der Waals surface area (Å²) in [5, 5.41) is 2.78. The number of sulfonamides is 1. The molecule has 0 fully saturated rings. The van der Waals surface area contributed by atoms with E-state index in [1.165, 1.54) is 48.4 Å². The third-order valence-electron chi connectivity index (χ3n) is 5.50. The fourth-order valence-corrected chi connectivity index (χ4v) is 5.13. The average Bonchev–Trinajstić information content (AvgIpc) is 2.83. The molecule has 4 rings (SSSR count). The molecular formula is C24H24N2O5S. The van der Waals surface area contributed by atoms with Crippen molar-refractivity contribution < 1.29 is 22.7 Å². The number of anilines is 1. The Labute approximate surface area is 187 Å². The van der Waals surface area contributed by atoms with Gasteiger partial charge in [0.1, 0.15) is 11.5 Å². The molecule has 0 aliphatic carbocycles. The van der Waals surface area contributed by atoms with E-state index in [1.54, 1.807) is 18.2 Å². The van der Waals surface area contributed by atoms with E-state index < -0.39 is 10.0 Å². The normalized spacial score (nSPS) is 13.8. The molecule has 8 heteroatoms. The number of benzene rings is 3. The van der Waals surface area contributed by atoms with Gasteiger partial charge in [-0.3, -0.25) is 4.79 Å². The minimum absolute atomic E-state index is 0.160. The maximum Gasteiger partial charge on any atom is 0.255 e. The van der Waals surface area contributed by atoms with Crippen LogP contribution in [0.5, 0.6) is 11.5 Å². The van der Waals surface area contributed by atoms with Crippen molar-refractivity contribution in [1.82, 2.24) is 4.31 Å². The van der Waals surface area contributed by atoms with E-state index in [9.17, 15) is 13.2 Å². The number of hydrogen-bond donors (Lipinski definition) is 1. The van der Waals surface area contributed by atoms with Gasteiger partial charge in [0.25, 0.3) is 5.91 Å². The summed E-state index contributed by atoms with van der Waals surface area (Å²) in [4.78, 5) is 12.9. The summed E-state index contributed by atoms with van der Waals surface area (Å²) in [5.41, 5.74) is 2.99. The van der Waals surface area contributed by atoms with E-state index in [-0.39, 0.29) is 10.8 Å². The van der Waals surface area contributed by atoms with Crippen LogP contribution in [-0.4, -0.2) is 39.4 Å². The zero-order valence-electron chi connectivity index (χ0n) is 17.9. The zero-order chi connectivity index (χ0) is 22.7. The number of methoxy groups -OCH3 is 2. The van der Waals surface area contributed by atoms with Gasteiger partial charge in [-0.15, -0.1) is 0 Å². The molecule has 0 atom stereocenters. The van der Waals surface area contributed by atoms with Crippen LogP contribution >= 0.6 is 0 Å². The van der Waals surface area contributed by atoms with Crippen LogP contribution in [0, 0.1) is 0 Å². The largest absolute Gasteiger partial charge is 0.497 e. The summed E-state index contributed by atoms with van der Waals surface area (Å²) < 4.78 is 38.2. The van der Waals surface area contributed by atoms with E-state index in [4.69, 9.17) is 9.47 Å². The number of rotatable bonds is 6. The molecular weight excluding hydrogens is 428 g/mol. The van der Waals surface area contributed by atoms with E-state index in [0.29, 0.717) is 42.3 Å². The van der Waals surface area contributed by atoms with Crippen molar-refractivity contribution in [2.24, 2.45) is 0 Å². The Kier molecular flexibility index (Phi) is 6.16. The fourth-order valence-electron chi connectivity index (χ4n) is 3.71. The lowest BCUT2D eigenvalue weighted by atomic mass is 10.0. The van der Waals surface area contributed by atoms with E-state index in [1.807, 2.05) is 24.3 Å². The molecule has 3 aromatic rings. The molecule has 0 unspecified atom stereocenters. The first-order valence-electron chi connectivity index (χ1n) is 10.1. The second kappa shape index (κ2) is 9.02. The highest BCUT2D eigenvalue weighted by Gasteiger charge is 2.28. The first-order valence-corrected chi connectivity index (χ1v) is 11.6. The Bertz CT molecular complexity index is 1240. The highest BCUT2D eigenvalue weighted by molar-refractivity contribution is 7.89. The molecule has 7 nitrogen and oxygen atoms in total. The molecule has 1 heterocycles. The number of fused-ring (bicyclic) bond motifs is 1. The molecule has 1 N–H and O–H groups in total. The molecule has 166 valence electrons. The lowest BCUT2D eigenvalue weighted by molar-refractivity contribution is 0.102. The zero-order valence-corrected chi connectivity index (χ0v) is 18.7. The van der Waals surface area contributed by atoms with Gasteiger partial charge >= 0.3 is 0 Å². The van der Waals surface area contributed by atoms with Crippen LogP contribution < -0.4 is 14.8 Å². The first kappa shape index (κ1) is 21.9. The highest BCUT2D eigenvalue weighted by atomic mass is 32.2. The van der Waals surface area contributed by atoms with Crippen molar-refractivity contribution in [1.29, 1.82) is 0 Å². The molecule has 1 amide bonds. The molecule has 1 aliphatic rings. The Morgan fingerprint density at radius 1 is 0.938 bits per heavy atom. The van der Waals surface area contributed by atoms with Crippen molar-refractivity contribution in [3.05, 3.63) is 83.4 Å². The van der Waals surface area contributed by atoms with Crippen LogP contribution in [0.15, 0.2) is 71.6 Å². The number of nitrogens with zero attached hydrogens (tertiary/aromatic N) is 1. The number of ether oxygens (including phenoxy) is 2. The quantitative estimate of drug-likeness (QED) is 0.616. The van der Waals surface area contributed by atoms with Crippen molar-refractivity contribution in [3.63, 3.8) is 0 Å². The van der Waals surface area contributed by atoms with Gasteiger partial charge in [-0.1, -0.05) is 24.3 Å². The molecule has 0 saturated carbocycles. The van der Waals surface area contributed by atoms with E-state index in [2.05, 4.69) is 5.32 Å². The van der Waals surface area contributed by atoms with Crippen LogP contribution in [0.2, 0.25) is 0 Å². The van der Waals surface area contributed by atoms with Crippen LogP contribution in [0.25, 0.3) is 0 Å². The van der Waals surface area contributed by atoms with Gasteiger partial charge in [-0.05, 0) is 53.9 Å². The van der Waals surface area contributed by atoms with Crippen LogP contribution in [-0.2, 0) is 23.0 Å². The third-order valence-corrected chi connectivity index (χ3v) is 7.36. The SMILES string of the molecule is COc1ccc(OC)c(NC(=O)c2ccc(S(=O)(=O)N3CCc4ccccc4C3)cc2)c1. The summed E-state index contributed by atoms with van der Waals surface area (Å²) in [7, 11) is -0.615. The smallest absolute Gasteiger partial charge is 0.255 e. The van der Waals surface area contributed by atoms with Gasteiger partial charge in [0, 0.05) is 24.7 Å². The summed E-state index contributed by atoms with van der Waals surface area (Å²) in [6.45, 7) is 0.771. The molecule has 3 aromatic carbocycles. The Morgan fingerprint density at radius 3 is 2.34 bits per heavy atom. The van der Waals surface area contributed by atoms with Crippen LogP contribution in [0.3, 0.4) is 0 Å². The van der Waals surface area contributed by atoms with Gasteiger partial charge in [0.05, 0.1) is 24.8 Å². The van der Waals surface area contributed by atoms with Crippen molar-refractivity contribution in [2.45, 2.75) is 17.9 Å². The number of carbonyl (C=O) groups is 1. The number of hydrogen-bond acceptors (Lipinski definition) is 5. The second-order valence-corrected chi connectivity index (χ2v) is 9.34. The Balaban J connectivity index is 1.51. The van der Waals surface area contributed by atoms with Gasteiger partial charge in [0.2, 0.25) is 10.0 Å². The minimum Gasteiger partial charge on any atom is -0.497 e. The van der Waals surface area contributed by atoms with Gasteiger partial charge in [-0.25, -0.2) is 8.42 Å². The first-order chi connectivity index (χ1) is 15.4. The average molecular weight is 453 g/mol. The predicted octanol–water partition coefficient (Wildman–Crippen LogP) is 3.70. The topological polar surface area (TPSA) is 84.9 Å². The number of carbonyl (C=O) groups excluding carboxylic acids is 1. The second-order valence-electron chi connectivity index (χ2n) is 7.40. The van der Waals surface area contributed by atoms with Crippen LogP contribution in [0.1, 0.15) is 21.5 Å². The maximum absolute atomic E-state index is 13.1. The van der Waals surface area contributed by atoms with E-state index >= 15 is 0 Å². The molecule has 0 aromatic heterocycles. The molecule has 0 spiro atoms. The fraction of sp³-hybridized carbons (Fsp3) is 0.208. The third kappa shape index (κ3) is 4.32. The molecule has 32 heavy (non-hydrogen) atoms. The lowest BCUT2D eigenvalue weighted by Crippen LogP contribution is -2.35. The predicted molar refractivity (Wildman–Crippen MR) is 122 cm³/mol. The van der Waals surface area contributed by atoms with Crippen molar-refractivity contribution in [2.75, 3.05) is 26.1 Å². The standard InChI is InChI=1S/C24H24N2O5S/c1-30-20-9-12-23(31-2)22(15-20)25-24(27)18-7-10-21(11-8-18)32(28,29)26-14-13-17-5-3-4-6-19(17)16-26/h3-12,15H,13-14,16H2,1-2H3,(H,25,27). The van der Waals surface area contributed by atoms with Crippen molar-refractivity contribution in [3.8, 4) is 11.5 Å². The minimum atomic E-state index is -3.66. The Hall–Kier alpha value is -3.36. The molecule has 1 aliphatic heterocycles. The molecule has 0 radical (unpaired) electrons. The summed E-state index contributed by atoms with van der Waals surface area (Å²) >= 11 is 0.